The molecule has 1 aromatic carbocycles. The highest BCUT2D eigenvalue weighted by Gasteiger charge is 2.03. The topological polar surface area (TPSA) is 29.9 Å². The maximum atomic E-state index is 6.04. The van der Waals surface area contributed by atoms with Crippen molar-refractivity contribution in [2.24, 2.45) is 0 Å². The van der Waals surface area contributed by atoms with Gasteiger partial charge in [0.15, 0.2) is 0 Å². The van der Waals surface area contributed by atoms with Crippen LogP contribution in [0.1, 0.15) is 6.92 Å². The van der Waals surface area contributed by atoms with E-state index in [0.29, 0.717) is 5.02 Å². The predicted molar refractivity (Wildman–Crippen MR) is 62.6 cm³/mol. The van der Waals surface area contributed by atoms with Crippen molar-refractivity contribution in [1.82, 2.24) is 9.55 Å². The minimum absolute atomic E-state index is 0.697. The number of nitrogens with zero attached hydrogens (tertiary/aromatic N) is 2. The van der Waals surface area contributed by atoms with Gasteiger partial charge in [0, 0.05) is 18.9 Å². The SMILES string of the molecule is CCn1ccnc1Nc1ccccc1Cl. The number of anilines is 2. The molecule has 1 aromatic heterocycles. The number of aromatic nitrogens is 2. The lowest BCUT2D eigenvalue weighted by Crippen LogP contribution is -2.01. The zero-order valence-electron chi connectivity index (χ0n) is 8.44. The van der Waals surface area contributed by atoms with Crippen LogP contribution < -0.4 is 5.32 Å². The zero-order chi connectivity index (χ0) is 10.7. The average molecular weight is 222 g/mol. The summed E-state index contributed by atoms with van der Waals surface area (Å²) in [5, 5.41) is 3.89. The van der Waals surface area contributed by atoms with Gasteiger partial charge in [0.2, 0.25) is 5.95 Å². The van der Waals surface area contributed by atoms with Crippen LogP contribution in [0.5, 0.6) is 0 Å². The normalized spacial score (nSPS) is 10.3. The molecular formula is C11H12ClN3. The van der Waals surface area contributed by atoms with Crippen molar-refractivity contribution in [3.63, 3.8) is 0 Å². The monoisotopic (exact) mass is 221 g/mol. The number of aryl methyl sites for hydroxylation is 1. The van der Waals surface area contributed by atoms with E-state index in [-0.39, 0.29) is 0 Å². The van der Waals surface area contributed by atoms with Crippen LogP contribution >= 0.6 is 11.6 Å². The molecule has 0 fully saturated rings. The maximum Gasteiger partial charge on any atom is 0.207 e. The Hall–Kier alpha value is -1.48. The Labute approximate surface area is 93.7 Å². The fourth-order valence-corrected chi connectivity index (χ4v) is 1.55. The predicted octanol–water partition coefficient (Wildman–Crippen LogP) is 3.30. The third-order valence-corrected chi connectivity index (χ3v) is 2.51. The van der Waals surface area contributed by atoms with Gasteiger partial charge in [-0.25, -0.2) is 4.98 Å². The summed E-state index contributed by atoms with van der Waals surface area (Å²) in [6, 6.07) is 7.62. The molecule has 78 valence electrons. The van der Waals surface area contributed by atoms with E-state index in [2.05, 4.69) is 17.2 Å². The molecular weight excluding hydrogens is 210 g/mol. The molecule has 15 heavy (non-hydrogen) atoms. The van der Waals surface area contributed by atoms with E-state index in [1.165, 1.54) is 0 Å². The van der Waals surface area contributed by atoms with Crippen molar-refractivity contribution in [1.29, 1.82) is 0 Å². The highest BCUT2D eigenvalue weighted by molar-refractivity contribution is 6.33. The number of halogens is 1. The molecule has 0 aliphatic carbocycles. The Morgan fingerprint density at radius 2 is 2.20 bits per heavy atom. The Balaban J connectivity index is 2.26. The average Bonchev–Trinajstić information content (AvgIpc) is 2.69. The minimum atomic E-state index is 0.697. The van der Waals surface area contributed by atoms with Crippen molar-refractivity contribution >= 4 is 23.2 Å². The smallest absolute Gasteiger partial charge is 0.207 e. The second-order valence-corrected chi connectivity index (χ2v) is 3.55. The molecule has 1 N–H and O–H groups in total. The summed E-state index contributed by atoms with van der Waals surface area (Å²) in [4.78, 5) is 4.22. The van der Waals surface area contributed by atoms with E-state index in [4.69, 9.17) is 11.6 Å². The number of benzene rings is 1. The first-order valence-corrected chi connectivity index (χ1v) is 5.21. The molecule has 0 radical (unpaired) electrons. The first-order valence-electron chi connectivity index (χ1n) is 4.84. The number of nitrogens with one attached hydrogen (secondary N) is 1. The second kappa shape index (κ2) is 4.36. The Morgan fingerprint density at radius 1 is 1.40 bits per heavy atom. The molecule has 0 saturated heterocycles. The summed E-state index contributed by atoms with van der Waals surface area (Å²) in [6.45, 7) is 2.95. The third-order valence-electron chi connectivity index (χ3n) is 2.18. The van der Waals surface area contributed by atoms with E-state index in [1.54, 1.807) is 6.20 Å². The van der Waals surface area contributed by atoms with Gasteiger partial charge < -0.3 is 9.88 Å². The highest BCUT2D eigenvalue weighted by atomic mass is 35.5. The first-order chi connectivity index (χ1) is 7.31. The van der Waals surface area contributed by atoms with E-state index < -0.39 is 0 Å². The molecule has 0 unspecified atom stereocenters. The van der Waals surface area contributed by atoms with Crippen molar-refractivity contribution < 1.29 is 0 Å². The molecule has 0 spiro atoms. The van der Waals surface area contributed by atoms with Gasteiger partial charge in [0.1, 0.15) is 0 Å². The summed E-state index contributed by atoms with van der Waals surface area (Å²) in [5.41, 5.74) is 0.875. The van der Waals surface area contributed by atoms with Gasteiger partial charge >= 0.3 is 0 Å². The summed E-state index contributed by atoms with van der Waals surface area (Å²) in [7, 11) is 0. The molecule has 4 heteroatoms. The van der Waals surface area contributed by atoms with Gasteiger partial charge in [-0.2, -0.15) is 0 Å². The van der Waals surface area contributed by atoms with Gasteiger partial charge in [-0.05, 0) is 19.1 Å². The Morgan fingerprint density at radius 3 is 2.93 bits per heavy atom. The Kier molecular flexibility index (Phi) is 2.92. The van der Waals surface area contributed by atoms with E-state index >= 15 is 0 Å². The number of rotatable bonds is 3. The van der Waals surface area contributed by atoms with E-state index in [1.807, 2.05) is 35.0 Å². The molecule has 1 heterocycles. The van der Waals surface area contributed by atoms with Crippen LogP contribution in [0, 0.1) is 0 Å². The van der Waals surface area contributed by atoms with Crippen LogP contribution in [0.25, 0.3) is 0 Å². The van der Waals surface area contributed by atoms with Crippen molar-refractivity contribution in [3.8, 4) is 0 Å². The number of para-hydroxylation sites is 1. The summed E-state index contributed by atoms with van der Waals surface area (Å²) in [6.07, 6.45) is 3.70. The van der Waals surface area contributed by atoms with Crippen molar-refractivity contribution in [2.75, 3.05) is 5.32 Å². The maximum absolute atomic E-state index is 6.04. The minimum Gasteiger partial charge on any atom is -0.324 e. The molecule has 0 aliphatic rings. The molecule has 2 aromatic rings. The molecule has 3 nitrogen and oxygen atoms in total. The molecule has 0 atom stereocenters. The Bertz CT molecular complexity index is 451. The molecule has 2 rings (SSSR count). The van der Waals surface area contributed by atoms with Crippen LogP contribution in [0.3, 0.4) is 0 Å². The van der Waals surface area contributed by atoms with Gasteiger partial charge in [0.25, 0.3) is 0 Å². The van der Waals surface area contributed by atoms with Gasteiger partial charge in [-0.3, -0.25) is 0 Å². The summed E-state index contributed by atoms with van der Waals surface area (Å²) < 4.78 is 2.02. The zero-order valence-corrected chi connectivity index (χ0v) is 9.20. The van der Waals surface area contributed by atoms with Crippen LogP contribution in [-0.4, -0.2) is 9.55 Å². The van der Waals surface area contributed by atoms with E-state index in [9.17, 15) is 0 Å². The summed E-state index contributed by atoms with van der Waals surface area (Å²) >= 11 is 6.04. The molecule has 0 saturated carbocycles. The summed E-state index contributed by atoms with van der Waals surface area (Å²) in [5.74, 6) is 0.811. The van der Waals surface area contributed by atoms with E-state index in [0.717, 1.165) is 18.2 Å². The second-order valence-electron chi connectivity index (χ2n) is 3.14. The highest BCUT2D eigenvalue weighted by Crippen LogP contribution is 2.23. The van der Waals surface area contributed by atoms with Gasteiger partial charge in [-0.15, -0.1) is 0 Å². The molecule has 0 amide bonds. The fraction of sp³-hybridized carbons (Fsp3) is 0.182. The van der Waals surface area contributed by atoms with Crippen LogP contribution in [-0.2, 0) is 6.54 Å². The number of hydrogen-bond acceptors (Lipinski definition) is 2. The molecule has 0 bridgehead atoms. The van der Waals surface area contributed by atoms with Crippen molar-refractivity contribution in [3.05, 3.63) is 41.7 Å². The largest absolute Gasteiger partial charge is 0.324 e. The van der Waals surface area contributed by atoms with Crippen molar-refractivity contribution in [2.45, 2.75) is 13.5 Å². The fourth-order valence-electron chi connectivity index (χ4n) is 1.37. The standard InChI is InChI=1S/C11H12ClN3/c1-2-15-8-7-13-11(15)14-10-6-4-3-5-9(10)12/h3-8H,2H2,1H3,(H,13,14). The lowest BCUT2D eigenvalue weighted by atomic mass is 10.3. The lowest BCUT2D eigenvalue weighted by Gasteiger charge is -2.08. The van der Waals surface area contributed by atoms with Gasteiger partial charge in [-0.1, -0.05) is 23.7 Å². The lowest BCUT2D eigenvalue weighted by molar-refractivity contribution is 0.772. The number of imidazole rings is 1. The third kappa shape index (κ3) is 2.13. The molecule has 0 aliphatic heterocycles. The van der Waals surface area contributed by atoms with Crippen LogP contribution in [0.15, 0.2) is 36.7 Å². The first kappa shape index (κ1) is 10.1. The van der Waals surface area contributed by atoms with Crippen LogP contribution in [0.4, 0.5) is 11.6 Å². The van der Waals surface area contributed by atoms with Crippen LogP contribution in [0.2, 0.25) is 5.02 Å². The number of hydrogen-bond donors (Lipinski definition) is 1. The quantitative estimate of drug-likeness (QED) is 0.862. The van der Waals surface area contributed by atoms with Gasteiger partial charge in [0.05, 0.1) is 10.7 Å².